The Morgan fingerprint density at radius 2 is 1.77 bits per heavy atom. The van der Waals surface area contributed by atoms with E-state index in [9.17, 15) is 14.4 Å². The van der Waals surface area contributed by atoms with Gasteiger partial charge in [-0.3, -0.25) is 9.59 Å². The maximum atomic E-state index is 12.4. The maximum absolute atomic E-state index is 12.4. The minimum Gasteiger partial charge on any atom is -0.497 e. The van der Waals surface area contributed by atoms with Crippen molar-refractivity contribution >= 4 is 22.7 Å². The molecule has 1 heterocycles. The Hall–Kier alpha value is -3.41. The Labute approximate surface area is 149 Å². The summed E-state index contributed by atoms with van der Waals surface area (Å²) in [6, 6.07) is 13.0. The zero-order valence-electron chi connectivity index (χ0n) is 14.4. The summed E-state index contributed by atoms with van der Waals surface area (Å²) in [4.78, 5) is 39.0. The molecule has 3 rings (SSSR count). The molecule has 0 radical (unpaired) electrons. The molecule has 0 atom stereocenters. The third-order valence-corrected chi connectivity index (χ3v) is 3.96. The van der Waals surface area contributed by atoms with Gasteiger partial charge in [-0.1, -0.05) is 11.6 Å². The van der Waals surface area contributed by atoms with E-state index in [-0.39, 0.29) is 11.3 Å². The van der Waals surface area contributed by atoms with Gasteiger partial charge in [0.2, 0.25) is 5.56 Å². The second-order valence-corrected chi connectivity index (χ2v) is 5.82. The standard InChI is InChI=1S/C20H17NO5/c1-12-3-8-17-15(9-12)16(10-19(23)21-17)20(24)26-11-18(22)13-4-6-14(25-2)7-5-13/h3-10H,11H2,1-2H3,(H,21,23). The number of aryl methyl sites for hydroxylation is 1. The predicted octanol–water partition coefficient (Wildman–Crippen LogP) is 2.88. The first kappa shape index (κ1) is 17.4. The van der Waals surface area contributed by atoms with Crippen LogP contribution < -0.4 is 10.3 Å². The summed E-state index contributed by atoms with van der Waals surface area (Å²) in [5, 5.41) is 0.575. The SMILES string of the molecule is COc1ccc(C(=O)COC(=O)c2cc(=O)[nH]c3ccc(C)cc23)cc1. The van der Waals surface area contributed by atoms with Crippen molar-refractivity contribution in [1.82, 2.24) is 4.98 Å². The zero-order chi connectivity index (χ0) is 18.7. The van der Waals surface area contributed by atoms with E-state index >= 15 is 0 Å². The molecule has 6 nitrogen and oxygen atoms in total. The number of Topliss-reactive ketones (excluding diaryl/α,β-unsaturated/α-hetero) is 1. The lowest BCUT2D eigenvalue weighted by molar-refractivity contribution is 0.0476. The number of pyridine rings is 1. The molecule has 0 amide bonds. The topological polar surface area (TPSA) is 85.5 Å². The zero-order valence-corrected chi connectivity index (χ0v) is 14.4. The van der Waals surface area contributed by atoms with Gasteiger partial charge in [0.05, 0.1) is 12.7 Å². The number of hydrogen-bond acceptors (Lipinski definition) is 5. The smallest absolute Gasteiger partial charge is 0.339 e. The Morgan fingerprint density at radius 3 is 2.46 bits per heavy atom. The summed E-state index contributed by atoms with van der Waals surface area (Å²) >= 11 is 0. The number of nitrogens with one attached hydrogen (secondary N) is 1. The number of benzene rings is 2. The minimum atomic E-state index is -0.714. The number of aromatic nitrogens is 1. The molecule has 0 aliphatic rings. The summed E-state index contributed by atoms with van der Waals surface area (Å²) in [6.07, 6.45) is 0. The van der Waals surface area contributed by atoms with Gasteiger partial charge in [-0.25, -0.2) is 4.79 Å². The highest BCUT2D eigenvalue weighted by Crippen LogP contribution is 2.18. The summed E-state index contributed by atoms with van der Waals surface area (Å²) in [5.74, 6) is -0.427. The van der Waals surface area contributed by atoms with Crippen molar-refractivity contribution in [2.24, 2.45) is 0 Å². The quantitative estimate of drug-likeness (QED) is 0.564. The van der Waals surface area contributed by atoms with Crippen LogP contribution >= 0.6 is 0 Å². The number of rotatable bonds is 5. The highest BCUT2D eigenvalue weighted by molar-refractivity contribution is 6.05. The van der Waals surface area contributed by atoms with Crippen molar-refractivity contribution in [3.63, 3.8) is 0 Å². The Kier molecular flexibility index (Phi) is 4.84. The van der Waals surface area contributed by atoms with Crippen LogP contribution in [0.25, 0.3) is 10.9 Å². The maximum Gasteiger partial charge on any atom is 0.339 e. The fourth-order valence-electron chi connectivity index (χ4n) is 2.61. The molecule has 132 valence electrons. The van der Waals surface area contributed by atoms with Crippen LogP contribution in [0.3, 0.4) is 0 Å². The van der Waals surface area contributed by atoms with Gasteiger partial charge in [-0.05, 0) is 43.3 Å². The number of hydrogen-bond donors (Lipinski definition) is 1. The molecule has 0 unspecified atom stereocenters. The number of methoxy groups -OCH3 is 1. The van der Waals surface area contributed by atoms with E-state index < -0.39 is 18.1 Å². The summed E-state index contributed by atoms with van der Waals surface area (Å²) in [6.45, 7) is 1.47. The molecule has 0 bridgehead atoms. The van der Waals surface area contributed by atoms with Gasteiger partial charge in [-0.15, -0.1) is 0 Å². The van der Waals surface area contributed by atoms with Crippen molar-refractivity contribution in [2.75, 3.05) is 13.7 Å². The first-order valence-corrected chi connectivity index (χ1v) is 7.96. The van der Waals surface area contributed by atoms with Gasteiger partial charge in [0.15, 0.2) is 12.4 Å². The average Bonchev–Trinajstić information content (AvgIpc) is 2.65. The van der Waals surface area contributed by atoms with Crippen molar-refractivity contribution in [2.45, 2.75) is 6.92 Å². The molecule has 2 aromatic carbocycles. The first-order valence-electron chi connectivity index (χ1n) is 7.96. The Balaban J connectivity index is 1.79. The molecule has 1 N–H and O–H groups in total. The summed E-state index contributed by atoms with van der Waals surface area (Å²) in [5.41, 5.74) is 1.61. The predicted molar refractivity (Wildman–Crippen MR) is 96.9 cm³/mol. The van der Waals surface area contributed by atoms with Gasteiger partial charge in [0.25, 0.3) is 0 Å². The summed E-state index contributed by atoms with van der Waals surface area (Å²) < 4.78 is 10.2. The molecule has 0 aliphatic carbocycles. The number of ketones is 1. The van der Waals surface area contributed by atoms with Crippen LogP contribution in [0.15, 0.2) is 53.3 Å². The van der Waals surface area contributed by atoms with Crippen LogP contribution in [0.2, 0.25) is 0 Å². The fraction of sp³-hybridized carbons (Fsp3) is 0.150. The monoisotopic (exact) mass is 351 g/mol. The van der Waals surface area contributed by atoms with Crippen molar-refractivity contribution in [3.05, 3.63) is 75.6 Å². The van der Waals surface area contributed by atoms with Crippen molar-refractivity contribution in [3.8, 4) is 5.75 Å². The van der Waals surface area contributed by atoms with E-state index in [2.05, 4.69) is 4.98 Å². The molecule has 6 heteroatoms. The van der Waals surface area contributed by atoms with E-state index in [4.69, 9.17) is 9.47 Å². The van der Waals surface area contributed by atoms with Crippen LogP contribution in [0.4, 0.5) is 0 Å². The fourth-order valence-corrected chi connectivity index (χ4v) is 2.61. The van der Waals surface area contributed by atoms with Crippen LogP contribution in [-0.4, -0.2) is 30.5 Å². The van der Waals surface area contributed by atoms with E-state index in [0.717, 1.165) is 5.56 Å². The highest BCUT2D eigenvalue weighted by atomic mass is 16.5. The Morgan fingerprint density at radius 1 is 1.04 bits per heavy atom. The third kappa shape index (κ3) is 3.64. The second kappa shape index (κ2) is 7.23. The number of carbonyl (C=O) groups excluding carboxylic acids is 2. The van der Waals surface area contributed by atoms with Gasteiger partial charge in [-0.2, -0.15) is 0 Å². The molecule has 1 aromatic heterocycles. The van der Waals surface area contributed by atoms with Crippen molar-refractivity contribution < 1.29 is 19.1 Å². The number of ether oxygens (including phenoxy) is 2. The number of H-pyrrole nitrogens is 1. The van der Waals surface area contributed by atoms with Crippen LogP contribution in [0, 0.1) is 6.92 Å². The normalized spacial score (nSPS) is 10.5. The van der Waals surface area contributed by atoms with E-state index in [1.54, 1.807) is 36.4 Å². The number of carbonyl (C=O) groups is 2. The number of fused-ring (bicyclic) bond motifs is 1. The lowest BCUT2D eigenvalue weighted by atomic mass is 10.1. The lowest BCUT2D eigenvalue weighted by Gasteiger charge is -2.08. The molecule has 0 saturated carbocycles. The molecule has 26 heavy (non-hydrogen) atoms. The van der Waals surface area contributed by atoms with Gasteiger partial charge < -0.3 is 14.5 Å². The highest BCUT2D eigenvalue weighted by Gasteiger charge is 2.16. The third-order valence-electron chi connectivity index (χ3n) is 3.96. The van der Waals surface area contributed by atoms with Gasteiger partial charge in [0, 0.05) is 22.5 Å². The molecular weight excluding hydrogens is 334 g/mol. The van der Waals surface area contributed by atoms with Crippen LogP contribution in [0.1, 0.15) is 26.3 Å². The minimum absolute atomic E-state index is 0.134. The molecule has 0 fully saturated rings. The van der Waals surface area contributed by atoms with E-state index in [1.165, 1.54) is 13.2 Å². The van der Waals surface area contributed by atoms with E-state index in [1.807, 2.05) is 13.0 Å². The lowest BCUT2D eigenvalue weighted by Crippen LogP contribution is -2.17. The molecule has 0 spiro atoms. The molecular formula is C20H17NO5. The van der Waals surface area contributed by atoms with Crippen molar-refractivity contribution in [1.29, 1.82) is 0 Å². The molecule has 0 saturated heterocycles. The average molecular weight is 351 g/mol. The van der Waals surface area contributed by atoms with E-state index in [0.29, 0.717) is 22.2 Å². The Bertz CT molecular complexity index is 1030. The largest absolute Gasteiger partial charge is 0.497 e. The van der Waals surface area contributed by atoms with Crippen LogP contribution in [0.5, 0.6) is 5.75 Å². The molecule has 3 aromatic rings. The second-order valence-electron chi connectivity index (χ2n) is 5.82. The number of esters is 1. The first-order chi connectivity index (χ1) is 12.5. The van der Waals surface area contributed by atoms with Gasteiger partial charge in [0.1, 0.15) is 5.75 Å². The van der Waals surface area contributed by atoms with Gasteiger partial charge >= 0.3 is 5.97 Å². The summed E-state index contributed by atoms with van der Waals surface area (Å²) in [7, 11) is 1.53. The number of aromatic amines is 1. The van der Waals surface area contributed by atoms with Crippen LogP contribution in [-0.2, 0) is 4.74 Å². The molecule has 0 aliphatic heterocycles.